The molecule has 1 rings (SSSR count). The van der Waals surface area contributed by atoms with E-state index in [0.29, 0.717) is 30.8 Å². The molecule has 3 atom stereocenters. The average molecular weight is 698 g/mol. The number of hydrogen-bond acceptors (Lipinski definition) is 8. The van der Waals surface area contributed by atoms with E-state index in [0.717, 1.165) is 44.1 Å². The van der Waals surface area contributed by atoms with Gasteiger partial charge in [-0.05, 0) is 84.4 Å². The molecule has 0 spiro atoms. The molecule has 0 aliphatic heterocycles. The first-order valence-corrected chi connectivity index (χ1v) is 18.6. The number of ether oxygens (including phenoxy) is 3. The maximum absolute atomic E-state index is 13.9. The SMILES string of the molecule is CC#CCOc1ccc(C[C@H](NC(=O)[C@@H](/C=C/CCCCCCC(=O)CCCCCCC)[C@@H](CCO)C(=O)OC(C)(C)C)C(=O)OCC)cc1. The van der Waals surface area contributed by atoms with Crippen molar-refractivity contribution in [2.24, 2.45) is 11.8 Å². The number of rotatable bonds is 26. The highest BCUT2D eigenvalue weighted by Crippen LogP contribution is 2.24. The van der Waals surface area contributed by atoms with Gasteiger partial charge in [-0.25, -0.2) is 4.79 Å². The minimum atomic E-state index is -1.01. The molecule has 1 aromatic rings. The highest BCUT2D eigenvalue weighted by atomic mass is 16.6. The minimum Gasteiger partial charge on any atom is -0.481 e. The van der Waals surface area contributed by atoms with Crippen LogP contribution in [0, 0.1) is 23.7 Å². The van der Waals surface area contributed by atoms with Crippen molar-refractivity contribution in [3.63, 3.8) is 0 Å². The monoisotopic (exact) mass is 697 g/mol. The second-order valence-electron chi connectivity index (χ2n) is 13.6. The van der Waals surface area contributed by atoms with Crippen molar-refractivity contribution in [1.29, 1.82) is 0 Å². The number of allylic oxidation sites excluding steroid dienone is 1. The Bertz CT molecular complexity index is 1220. The summed E-state index contributed by atoms with van der Waals surface area (Å²) < 4.78 is 16.5. The predicted octanol–water partition coefficient (Wildman–Crippen LogP) is 7.46. The van der Waals surface area contributed by atoms with Gasteiger partial charge in [0.2, 0.25) is 5.91 Å². The maximum Gasteiger partial charge on any atom is 0.328 e. The molecule has 50 heavy (non-hydrogen) atoms. The van der Waals surface area contributed by atoms with Crippen LogP contribution in [0.5, 0.6) is 5.75 Å². The van der Waals surface area contributed by atoms with Crippen LogP contribution in [-0.4, -0.2) is 60.2 Å². The Labute approximate surface area is 301 Å². The number of aliphatic hydroxyl groups excluding tert-OH is 1. The molecule has 1 amide bonds. The van der Waals surface area contributed by atoms with Crippen LogP contribution in [0.3, 0.4) is 0 Å². The van der Waals surface area contributed by atoms with Gasteiger partial charge >= 0.3 is 11.9 Å². The first-order chi connectivity index (χ1) is 23.9. The molecular weight excluding hydrogens is 634 g/mol. The van der Waals surface area contributed by atoms with Crippen LogP contribution in [-0.2, 0) is 35.1 Å². The molecule has 0 saturated heterocycles. The van der Waals surface area contributed by atoms with Gasteiger partial charge in [0.25, 0.3) is 0 Å². The molecular formula is C41H63NO8. The topological polar surface area (TPSA) is 128 Å². The zero-order chi connectivity index (χ0) is 37.2. The zero-order valence-electron chi connectivity index (χ0n) is 31.5. The van der Waals surface area contributed by atoms with Gasteiger partial charge in [0.05, 0.1) is 18.4 Å². The predicted molar refractivity (Wildman–Crippen MR) is 197 cm³/mol. The Kier molecular flexibility index (Phi) is 23.3. The van der Waals surface area contributed by atoms with Gasteiger partial charge in [0, 0.05) is 25.9 Å². The third kappa shape index (κ3) is 20.1. The van der Waals surface area contributed by atoms with Gasteiger partial charge in [-0.3, -0.25) is 14.4 Å². The Balaban J connectivity index is 2.98. The Hall–Kier alpha value is -3.64. The van der Waals surface area contributed by atoms with E-state index in [1.165, 1.54) is 19.3 Å². The highest BCUT2D eigenvalue weighted by molar-refractivity contribution is 5.90. The summed E-state index contributed by atoms with van der Waals surface area (Å²) in [6.45, 7) is 10.9. The van der Waals surface area contributed by atoms with Gasteiger partial charge in [0.15, 0.2) is 0 Å². The normalized spacial score (nSPS) is 13.1. The molecule has 9 nitrogen and oxygen atoms in total. The highest BCUT2D eigenvalue weighted by Gasteiger charge is 2.36. The van der Waals surface area contributed by atoms with Crippen LogP contribution in [0.2, 0.25) is 0 Å². The molecule has 0 bridgehead atoms. The van der Waals surface area contributed by atoms with Crippen LogP contribution in [0.4, 0.5) is 0 Å². The summed E-state index contributed by atoms with van der Waals surface area (Å²) in [4.78, 5) is 52.4. The fraction of sp³-hybridized carbons (Fsp3) is 0.659. The summed E-state index contributed by atoms with van der Waals surface area (Å²) >= 11 is 0. The fourth-order valence-corrected chi connectivity index (χ4v) is 5.45. The molecule has 0 fully saturated rings. The lowest BCUT2D eigenvalue weighted by Crippen LogP contribution is -2.48. The molecule has 9 heteroatoms. The van der Waals surface area contributed by atoms with Crippen LogP contribution >= 0.6 is 0 Å². The van der Waals surface area contributed by atoms with E-state index in [1.54, 1.807) is 52.8 Å². The molecule has 2 N–H and O–H groups in total. The number of Topliss-reactive ketones (excluding diaryl/α,β-unsaturated/α-hetero) is 1. The molecule has 0 aliphatic carbocycles. The van der Waals surface area contributed by atoms with Gasteiger partial charge in [0.1, 0.15) is 29.8 Å². The van der Waals surface area contributed by atoms with E-state index >= 15 is 0 Å². The van der Waals surface area contributed by atoms with Crippen molar-refractivity contribution in [2.75, 3.05) is 19.8 Å². The quantitative estimate of drug-likeness (QED) is 0.0442. The Morgan fingerprint density at radius 3 is 2.12 bits per heavy atom. The standard InChI is InChI=1S/C41H63NO8/c1-7-10-12-15-18-21-33(44)22-19-16-13-14-17-20-23-35(36(28-29-43)39(46)50-41(4,5)6)38(45)42-37(40(47)48-9-3)31-32-24-26-34(27-25-32)49-30-11-8-2/h20,23-27,35-37,43H,7,9-10,12-19,21-22,28-31H2,1-6H3,(H,42,45)/b23-20+/t35-,36+,37-/m0/s1. The second-order valence-corrected chi connectivity index (χ2v) is 13.6. The van der Waals surface area contributed by atoms with Crippen LogP contribution < -0.4 is 10.1 Å². The summed E-state index contributed by atoms with van der Waals surface area (Å²) in [5.74, 6) is 2.92. The summed E-state index contributed by atoms with van der Waals surface area (Å²) in [5.41, 5.74) is -0.0181. The van der Waals surface area contributed by atoms with E-state index in [-0.39, 0.29) is 32.7 Å². The first-order valence-electron chi connectivity index (χ1n) is 18.6. The molecule has 0 heterocycles. The van der Waals surface area contributed by atoms with Crippen molar-refractivity contribution in [3.8, 4) is 17.6 Å². The van der Waals surface area contributed by atoms with E-state index in [4.69, 9.17) is 14.2 Å². The van der Waals surface area contributed by atoms with E-state index in [9.17, 15) is 24.3 Å². The molecule has 0 aromatic heterocycles. The summed E-state index contributed by atoms with van der Waals surface area (Å²) in [6, 6.07) is 6.16. The number of esters is 2. The van der Waals surface area contributed by atoms with Crippen LogP contribution in [0.15, 0.2) is 36.4 Å². The van der Waals surface area contributed by atoms with Crippen molar-refractivity contribution in [1.82, 2.24) is 5.32 Å². The average Bonchev–Trinajstić information content (AvgIpc) is 3.06. The fourth-order valence-electron chi connectivity index (χ4n) is 5.45. The van der Waals surface area contributed by atoms with Gasteiger partial charge in [-0.15, -0.1) is 5.92 Å². The molecule has 0 aliphatic rings. The van der Waals surface area contributed by atoms with E-state index in [2.05, 4.69) is 24.1 Å². The Morgan fingerprint density at radius 1 is 0.900 bits per heavy atom. The van der Waals surface area contributed by atoms with Crippen LogP contribution in [0.25, 0.3) is 0 Å². The second kappa shape index (κ2) is 26.2. The summed E-state index contributed by atoms with van der Waals surface area (Å²) in [5, 5.41) is 12.7. The lowest BCUT2D eigenvalue weighted by atomic mass is 9.87. The summed E-state index contributed by atoms with van der Waals surface area (Å²) in [6.07, 6.45) is 15.1. The lowest BCUT2D eigenvalue weighted by Gasteiger charge is -2.28. The largest absolute Gasteiger partial charge is 0.481 e. The van der Waals surface area contributed by atoms with Crippen molar-refractivity contribution in [3.05, 3.63) is 42.0 Å². The Morgan fingerprint density at radius 2 is 1.54 bits per heavy atom. The molecule has 0 saturated carbocycles. The minimum absolute atomic E-state index is 0.0118. The van der Waals surface area contributed by atoms with E-state index < -0.39 is 41.3 Å². The molecule has 1 aromatic carbocycles. The lowest BCUT2D eigenvalue weighted by molar-refractivity contribution is -0.163. The number of nitrogens with one attached hydrogen (secondary N) is 1. The first kappa shape index (κ1) is 44.4. The third-order valence-corrected chi connectivity index (χ3v) is 8.10. The molecule has 0 radical (unpaired) electrons. The van der Waals surface area contributed by atoms with Gasteiger partial charge < -0.3 is 24.6 Å². The van der Waals surface area contributed by atoms with Crippen LogP contribution in [0.1, 0.15) is 131 Å². The molecule has 0 unspecified atom stereocenters. The number of ketones is 1. The number of carbonyl (C=O) groups excluding carboxylic acids is 4. The maximum atomic E-state index is 13.9. The smallest absolute Gasteiger partial charge is 0.328 e. The third-order valence-electron chi connectivity index (χ3n) is 8.10. The van der Waals surface area contributed by atoms with Gasteiger partial charge in [-0.1, -0.05) is 75.7 Å². The zero-order valence-corrected chi connectivity index (χ0v) is 31.5. The number of carbonyl (C=O) groups is 4. The van der Waals surface area contributed by atoms with Crippen molar-refractivity contribution >= 4 is 23.6 Å². The number of hydrogen-bond donors (Lipinski definition) is 2. The molecule has 280 valence electrons. The van der Waals surface area contributed by atoms with Gasteiger partial charge in [-0.2, -0.15) is 0 Å². The van der Waals surface area contributed by atoms with Crippen molar-refractivity contribution < 1.29 is 38.5 Å². The number of aliphatic hydroxyl groups is 1. The number of benzene rings is 1. The number of unbranched alkanes of at least 4 members (excludes halogenated alkanes) is 8. The number of amides is 1. The van der Waals surface area contributed by atoms with Crippen molar-refractivity contribution in [2.45, 2.75) is 143 Å². The van der Waals surface area contributed by atoms with E-state index in [1.807, 2.05) is 18.2 Å². The summed E-state index contributed by atoms with van der Waals surface area (Å²) in [7, 11) is 0.